The van der Waals surface area contributed by atoms with Crippen molar-refractivity contribution >= 4 is 40.3 Å². The molecule has 0 fully saturated rings. The van der Waals surface area contributed by atoms with Crippen LogP contribution < -0.4 is 4.80 Å². The summed E-state index contributed by atoms with van der Waals surface area (Å²) in [5.41, 5.74) is 4.83. The molecule has 0 bridgehead atoms. The van der Waals surface area contributed by atoms with Crippen LogP contribution in [0.2, 0.25) is 10.0 Å². The Hall–Kier alpha value is -2.66. The molecular formula is C24H19Cl2N3S. The van der Waals surface area contributed by atoms with E-state index in [-0.39, 0.29) is 0 Å². The first-order chi connectivity index (χ1) is 14.6. The minimum atomic E-state index is 0.578. The molecule has 3 aromatic carbocycles. The van der Waals surface area contributed by atoms with Crippen molar-refractivity contribution in [3.8, 4) is 11.3 Å². The second-order valence-electron chi connectivity index (χ2n) is 6.69. The number of hydrogen-bond donors (Lipinski definition) is 0. The highest BCUT2D eigenvalue weighted by atomic mass is 35.5. The average Bonchev–Trinajstić information content (AvgIpc) is 3.15. The lowest BCUT2D eigenvalue weighted by molar-refractivity contribution is 0.819. The van der Waals surface area contributed by atoms with E-state index in [0.29, 0.717) is 16.6 Å². The van der Waals surface area contributed by atoms with Crippen molar-refractivity contribution in [2.24, 2.45) is 10.1 Å². The molecule has 0 atom stereocenters. The molecule has 0 aliphatic carbocycles. The molecule has 6 heteroatoms. The van der Waals surface area contributed by atoms with Crippen molar-refractivity contribution in [1.29, 1.82) is 0 Å². The molecule has 0 spiro atoms. The van der Waals surface area contributed by atoms with E-state index >= 15 is 0 Å². The van der Waals surface area contributed by atoms with E-state index in [4.69, 9.17) is 33.3 Å². The van der Waals surface area contributed by atoms with E-state index in [1.54, 1.807) is 6.07 Å². The molecule has 0 unspecified atom stereocenters. The number of nitrogens with zero attached hydrogens (tertiary/aromatic N) is 3. The van der Waals surface area contributed by atoms with Gasteiger partial charge >= 0.3 is 0 Å². The van der Waals surface area contributed by atoms with Crippen LogP contribution in [0.25, 0.3) is 11.3 Å². The molecule has 150 valence electrons. The van der Waals surface area contributed by atoms with Crippen LogP contribution in [0.1, 0.15) is 18.1 Å². The van der Waals surface area contributed by atoms with Crippen LogP contribution in [0, 0.1) is 0 Å². The van der Waals surface area contributed by atoms with Gasteiger partial charge in [-0.1, -0.05) is 83.9 Å². The zero-order chi connectivity index (χ0) is 20.9. The van der Waals surface area contributed by atoms with E-state index in [1.807, 2.05) is 77.6 Å². The van der Waals surface area contributed by atoms with E-state index in [0.717, 1.165) is 32.9 Å². The zero-order valence-corrected chi connectivity index (χ0v) is 18.6. The molecule has 0 radical (unpaired) electrons. The Morgan fingerprint density at radius 3 is 2.33 bits per heavy atom. The molecule has 0 N–H and O–H groups in total. The summed E-state index contributed by atoms with van der Waals surface area (Å²) in [4.78, 5) is 5.62. The van der Waals surface area contributed by atoms with E-state index in [2.05, 4.69) is 12.1 Å². The molecule has 0 aliphatic heterocycles. The Labute approximate surface area is 189 Å². The Morgan fingerprint density at radius 1 is 0.933 bits per heavy atom. The molecule has 4 rings (SSSR count). The molecule has 0 amide bonds. The summed E-state index contributed by atoms with van der Waals surface area (Å²) in [5.74, 6) is 0. The second-order valence-corrected chi connectivity index (χ2v) is 8.37. The highest BCUT2D eigenvalue weighted by Gasteiger charge is 2.12. The lowest BCUT2D eigenvalue weighted by atomic mass is 10.1. The zero-order valence-electron chi connectivity index (χ0n) is 16.3. The van der Waals surface area contributed by atoms with E-state index in [1.165, 1.54) is 11.3 Å². The number of benzene rings is 3. The lowest BCUT2D eigenvalue weighted by Gasteiger charge is -2.08. The molecule has 0 saturated heterocycles. The molecule has 0 aliphatic rings. The molecule has 1 heterocycles. The van der Waals surface area contributed by atoms with E-state index in [9.17, 15) is 0 Å². The number of rotatable bonds is 5. The van der Waals surface area contributed by atoms with Crippen molar-refractivity contribution in [2.75, 3.05) is 0 Å². The molecule has 3 nitrogen and oxygen atoms in total. The van der Waals surface area contributed by atoms with Gasteiger partial charge in [0.05, 0.1) is 23.0 Å². The van der Waals surface area contributed by atoms with Crippen LogP contribution >= 0.6 is 34.5 Å². The molecule has 0 saturated carbocycles. The van der Waals surface area contributed by atoms with Crippen molar-refractivity contribution in [1.82, 2.24) is 4.68 Å². The monoisotopic (exact) mass is 451 g/mol. The summed E-state index contributed by atoms with van der Waals surface area (Å²) in [5, 5.41) is 8.11. The van der Waals surface area contributed by atoms with Gasteiger partial charge in [-0.25, -0.2) is 4.68 Å². The van der Waals surface area contributed by atoms with Gasteiger partial charge in [-0.15, -0.1) is 11.3 Å². The number of halogens is 2. The predicted molar refractivity (Wildman–Crippen MR) is 128 cm³/mol. The smallest absolute Gasteiger partial charge is 0.206 e. The first-order valence-electron chi connectivity index (χ1n) is 9.43. The van der Waals surface area contributed by atoms with Gasteiger partial charge in [0.1, 0.15) is 0 Å². The normalized spacial score (nSPS) is 12.4. The van der Waals surface area contributed by atoms with Crippen LogP contribution in [-0.2, 0) is 6.54 Å². The van der Waals surface area contributed by atoms with Crippen LogP contribution in [0.4, 0.5) is 0 Å². The van der Waals surface area contributed by atoms with E-state index < -0.39 is 0 Å². The topological polar surface area (TPSA) is 29.6 Å². The van der Waals surface area contributed by atoms with Gasteiger partial charge in [-0.2, -0.15) is 5.10 Å². The van der Waals surface area contributed by atoms with Crippen LogP contribution in [0.3, 0.4) is 0 Å². The molecule has 30 heavy (non-hydrogen) atoms. The third-order valence-corrected chi connectivity index (χ3v) is 5.98. The SMILES string of the molecule is C/C(=N/n1c(-c2ccc(Cl)cc2Cl)csc1=NCc1ccccc1)c1ccccc1. The van der Waals surface area contributed by atoms with Crippen molar-refractivity contribution in [3.63, 3.8) is 0 Å². The number of aromatic nitrogens is 1. The predicted octanol–water partition coefficient (Wildman–Crippen LogP) is 6.90. The van der Waals surface area contributed by atoms with Crippen LogP contribution in [-0.4, -0.2) is 10.4 Å². The van der Waals surface area contributed by atoms with Crippen LogP contribution in [0.15, 0.2) is 94.3 Å². The second kappa shape index (κ2) is 9.43. The maximum absolute atomic E-state index is 6.50. The van der Waals surface area contributed by atoms with Crippen molar-refractivity contribution < 1.29 is 0 Å². The van der Waals surface area contributed by atoms with Gasteiger partial charge in [-0.05, 0) is 36.2 Å². The summed E-state index contributed by atoms with van der Waals surface area (Å²) in [7, 11) is 0. The fourth-order valence-electron chi connectivity index (χ4n) is 3.02. The fourth-order valence-corrected chi connectivity index (χ4v) is 4.34. The third kappa shape index (κ3) is 4.73. The summed E-state index contributed by atoms with van der Waals surface area (Å²) < 4.78 is 1.87. The van der Waals surface area contributed by atoms with Gasteiger partial charge in [-0.3, -0.25) is 4.99 Å². The summed E-state index contributed by atoms with van der Waals surface area (Å²) >= 11 is 14.1. The Morgan fingerprint density at radius 2 is 1.63 bits per heavy atom. The number of thiazole rings is 1. The highest BCUT2D eigenvalue weighted by Crippen LogP contribution is 2.30. The van der Waals surface area contributed by atoms with Gasteiger partial charge in [0.2, 0.25) is 4.80 Å². The minimum absolute atomic E-state index is 0.578. The maximum atomic E-state index is 6.50. The quantitative estimate of drug-likeness (QED) is 0.295. The van der Waals surface area contributed by atoms with Gasteiger partial charge in [0.15, 0.2) is 0 Å². The Kier molecular flexibility index (Phi) is 6.48. The van der Waals surface area contributed by atoms with Crippen molar-refractivity contribution in [2.45, 2.75) is 13.5 Å². The Bertz CT molecular complexity index is 1240. The lowest BCUT2D eigenvalue weighted by Crippen LogP contribution is -2.14. The number of hydrogen-bond acceptors (Lipinski definition) is 3. The summed E-state index contributed by atoms with van der Waals surface area (Å²) in [6, 6.07) is 25.8. The fraction of sp³-hybridized carbons (Fsp3) is 0.0833. The Balaban J connectivity index is 1.84. The maximum Gasteiger partial charge on any atom is 0.206 e. The summed E-state index contributed by atoms with van der Waals surface area (Å²) in [6.45, 7) is 2.57. The summed E-state index contributed by atoms with van der Waals surface area (Å²) in [6.07, 6.45) is 0. The van der Waals surface area contributed by atoms with Crippen molar-refractivity contribution in [3.05, 3.63) is 110 Å². The van der Waals surface area contributed by atoms with Gasteiger partial charge in [0, 0.05) is 16.0 Å². The van der Waals surface area contributed by atoms with Crippen LogP contribution in [0.5, 0.6) is 0 Å². The van der Waals surface area contributed by atoms with Gasteiger partial charge < -0.3 is 0 Å². The minimum Gasteiger partial charge on any atom is -0.253 e. The molecule has 1 aromatic heterocycles. The average molecular weight is 452 g/mol. The first-order valence-corrected chi connectivity index (χ1v) is 11.1. The molecular weight excluding hydrogens is 433 g/mol. The highest BCUT2D eigenvalue weighted by molar-refractivity contribution is 7.07. The van der Waals surface area contributed by atoms with Gasteiger partial charge in [0.25, 0.3) is 0 Å². The largest absolute Gasteiger partial charge is 0.253 e. The molecule has 4 aromatic rings. The first kappa shape index (κ1) is 20.6. The third-order valence-electron chi connectivity index (χ3n) is 4.57. The standard InChI is InChI=1S/C24H19Cl2N3S/c1-17(19-10-6-3-7-11-19)28-29-23(21-13-12-20(25)14-22(21)26)16-30-24(29)27-15-18-8-4-2-5-9-18/h2-14,16H,15H2,1H3/b27-24?,28-17-.